The zero-order chi connectivity index (χ0) is 17.8. The molecule has 1 unspecified atom stereocenters. The summed E-state index contributed by atoms with van der Waals surface area (Å²) in [6, 6.07) is 18.7. The number of benzene rings is 2. The van der Waals surface area contributed by atoms with Gasteiger partial charge in [0, 0.05) is 24.3 Å². The molecule has 6 heteroatoms. The summed E-state index contributed by atoms with van der Waals surface area (Å²) in [6.07, 6.45) is 7.19. The average Bonchev–Trinajstić information content (AvgIpc) is 3.39. The number of nitrogens with zero attached hydrogens (tertiary/aromatic N) is 5. The minimum absolute atomic E-state index is 0.236. The van der Waals surface area contributed by atoms with Gasteiger partial charge in [-0.15, -0.1) is 0 Å². The van der Waals surface area contributed by atoms with Gasteiger partial charge < -0.3 is 5.32 Å². The maximum Gasteiger partial charge on any atom is 0.138 e. The molecule has 0 radical (unpaired) electrons. The molecular weight excluding hydrogens is 324 g/mol. The maximum atomic E-state index is 4.44. The SMILES string of the molecule is CC(NCc1cnn(-c2ccccc2)c1)c1ccc(-n2cncn2)cc1. The van der Waals surface area contributed by atoms with Crippen LogP contribution in [0.2, 0.25) is 0 Å². The molecular formula is C20H20N6. The Bertz CT molecular complexity index is 942. The van der Waals surface area contributed by atoms with Crippen molar-refractivity contribution in [3.8, 4) is 11.4 Å². The van der Waals surface area contributed by atoms with Crippen LogP contribution in [-0.2, 0) is 6.54 Å². The van der Waals surface area contributed by atoms with Gasteiger partial charge in [0.15, 0.2) is 0 Å². The van der Waals surface area contributed by atoms with E-state index >= 15 is 0 Å². The molecule has 2 aromatic carbocycles. The summed E-state index contributed by atoms with van der Waals surface area (Å²) in [5.41, 5.74) is 4.45. The number of hydrogen-bond acceptors (Lipinski definition) is 4. The van der Waals surface area contributed by atoms with Crippen LogP contribution in [0.3, 0.4) is 0 Å². The van der Waals surface area contributed by atoms with Gasteiger partial charge in [0.25, 0.3) is 0 Å². The highest BCUT2D eigenvalue weighted by molar-refractivity contribution is 5.34. The molecule has 26 heavy (non-hydrogen) atoms. The minimum Gasteiger partial charge on any atom is -0.306 e. The average molecular weight is 344 g/mol. The van der Waals surface area contributed by atoms with Crippen LogP contribution in [0.5, 0.6) is 0 Å². The van der Waals surface area contributed by atoms with E-state index in [0.717, 1.165) is 23.5 Å². The van der Waals surface area contributed by atoms with E-state index in [4.69, 9.17) is 0 Å². The zero-order valence-corrected chi connectivity index (χ0v) is 14.5. The van der Waals surface area contributed by atoms with Gasteiger partial charge in [-0.05, 0) is 36.8 Å². The molecule has 0 bridgehead atoms. The van der Waals surface area contributed by atoms with E-state index in [1.54, 1.807) is 11.0 Å². The third kappa shape index (κ3) is 3.55. The van der Waals surface area contributed by atoms with E-state index in [0.29, 0.717) is 0 Å². The molecule has 0 aliphatic carbocycles. The zero-order valence-electron chi connectivity index (χ0n) is 14.5. The van der Waals surface area contributed by atoms with Crippen LogP contribution >= 0.6 is 0 Å². The maximum absolute atomic E-state index is 4.44. The smallest absolute Gasteiger partial charge is 0.138 e. The van der Waals surface area contributed by atoms with Crippen molar-refractivity contribution in [2.45, 2.75) is 19.5 Å². The predicted molar refractivity (Wildman–Crippen MR) is 100 cm³/mol. The fraction of sp³-hybridized carbons (Fsp3) is 0.150. The van der Waals surface area contributed by atoms with Crippen molar-refractivity contribution in [1.82, 2.24) is 29.9 Å². The van der Waals surface area contributed by atoms with Crippen molar-refractivity contribution >= 4 is 0 Å². The lowest BCUT2D eigenvalue weighted by molar-refractivity contribution is 0.574. The first kappa shape index (κ1) is 16.2. The lowest BCUT2D eigenvalue weighted by Crippen LogP contribution is -2.17. The fourth-order valence-corrected chi connectivity index (χ4v) is 2.82. The predicted octanol–water partition coefficient (Wildman–Crippen LogP) is 3.30. The molecule has 0 spiro atoms. The van der Waals surface area contributed by atoms with Crippen LogP contribution in [0.4, 0.5) is 0 Å². The van der Waals surface area contributed by atoms with Crippen molar-refractivity contribution in [2.24, 2.45) is 0 Å². The van der Waals surface area contributed by atoms with Crippen LogP contribution in [-0.4, -0.2) is 24.5 Å². The fourth-order valence-electron chi connectivity index (χ4n) is 2.82. The first-order valence-corrected chi connectivity index (χ1v) is 8.57. The van der Waals surface area contributed by atoms with E-state index in [1.165, 1.54) is 11.9 Å². The lowest BCUT2D eigenvalue weighted by atomic mass is 10.1. The summed E-state index contributed by atoms with van der Waals surface area (Å²) >= 11 is 0. The Morgan fingerprint density at radius 1 is 0.923 bits per heavy atom. The highest BCUT2D eigenvalue weighted by atomic mass is 15.3. The molecule has 0 amide bonds. The number of hydrogen-bond donors (Lipinski definition) is 1. The van der Waals surface area contributed by atoms with Crippen molar-refractivity contribution in [2.75, 3.05) is 0 Å². The number of para-hydroxylation sites is 1. The van der Waals surface area contributed by atoms with Gasteiger partial charge in [-0.2, -0.15) is 10.2 Å². The molecule has 0 aliphatic rings. The molecule has 0 saturated heterocycles. The van der Waals surface area contributed by atoms with Gasteiger partial charge in [-0.3, -0.25) is 0 Å². The molecule has 1 atom stereocenters. The highest BCUT2D eigenvalue weighted by Gasteiger charge is 2.07. The molecule has 0 fully saturated rings. The van der Waals surface area contributed by atoms with E-state index < -0.39 is 0 Å². The number of rotatable bonds is 6. The first-order chi connectivity index (χ1) is 12.8. The highest BCUT2D eigenvalue weighted by Crippen LogP contribution is 2.16. The molecule has 6 nitrogen and oxygen atoms in total. The Morgan fingerprint density at radius 3 is 2.42 bits per heavy atom. The Hall–Kier alpha value is -3.25. The van der Waals surface area contributed by atoms with Crippen LogP contribution in [0.1, 0.15) is 24.1 Å². The molecule has 0 saturated carbocycles. The van der Waals surface area contributed by atoms with E-state index in [1.807, 2.05) is 41.2 Å². The third-order valence-corrected chi connectivity index (χ3v) is 4.35. The standard InChI is InChI=1S/C20H20N6/c1-16(18-7-9-20(10-8-18)26-15-21-14-24-26)22-11-17-12-23-25(13-17)19-5-3-2-4-6-19/h2-10,12-16,22H,11H2,1H3. The van der Waals surface area contributed by atoms with E-state index in [2.05, 4.69) is 57.9 Å². The molecule has 2 aromatic heterocycles. The summed E-state index contributed by atoms with van der Waals surface area (Å²) in [4.78, 5) is 3.97. The quantitative estimate of drug-likeness (QED) is 0.583. The molecule has 4 aromatic rings. The Labute approximate surface area is 152 Å². The van der Waals surface area contributed by atoms with Gasteiger partial charge in [-0.1, -0.05) is 30.3 Å². The van der Waals surface area contributed by atoms with Crippen molar-refractivity contribution in [1.29, 1.82) is 0 Å². The second kappa shape index (κ2) is 7.33. The Morgan fingerprint density at radius 2 is 1.69 bits per heavy atom. The van der Waals surface area contributed by atoms with E-state index in [9.17, 15) is 0 Å². The van der Waals surface area contributed by atoms with Gasteiger partial charge >= 0.3 is 0 Å². The van der Waals surface area contributed by atoms with Crippen LogP contribution in [0.25, 0.3) is 11.4 Å². The largest absolute Gasteiger partial charge is 0.306 e. The Kier molecular flexibility index (Phi) is 4.57. The number of nitrogens with one attached hydrogen (secondary N) is 1. The summed E-state index contributed by atoms with van der Waals surface area (Å²) in [6.45, 7) is 2.92. The summed E-state index contributed by atoms with van der Waals surface area (Å²) in [5, 5.41) is 12.1. The first-order valence-electron chi connectivity index (χ1n) is 8.57. The lowest BCUT2D eigenvalue weighted by Gasteiger charge is -2.14. The van der Waals surface area contributed by atoms with Crippen molar-refractivity contribution in [3.63, 3.8) is 0 Å². The van der Waals surface area contributed by atoms with Crippen LogP contribution in [0, 0.1) is 0 Å². The molecule has 1 N–H and O–H groups in total. The third-order valence-electron chi connectivity index (χ3n) is 4.35. The van der Waals surface area contributed by atoms with E-state index in [-0.39, 0.29) is 6.04 Å². The van der Waals surface area contributed by atoms with Gasteiger partial charge in [0.1, 0.15) is 12.7 Å². The van der Waals surface area contributed by atoms with Crippen molar-refractivity contribution < 1.29 is 0 Å². The van der Waals surface area contributed by atoms with Crippen molar-refractivity contribution in [3.05, 3.63) is 90.8 Å². The minimum atomic E-state index is 0.236. The van der Waals surface area contributed by atoms with Crippen LogP contribution in [0.15, 0.2) is 79.6 Å². The van der Waals surface area contributed by atoms with Crippen LogP contribution < -0.4 is 5.32 Å². The van der Waals surface area contributed by atoms with Gasteiger partial charge in [0.05, 0.1) is 17.6 Å². The molecule has 0 aliphatic heterocycles. The van der Waals surface area contributed by atoms with Gasteiger partial charge in [0.2, 0.25) is 0 Å². The summed E-state index contributed by atoms with van der Waals surface area (Å²) < 4.78 is 3.65. The second-order valence-electron chi connectivity index (χ2n) is 6.16. The molecule has 2 heterocycles. The second-order valence-corrected chi connectivity index (χ2v) is 6.16. The van der Waals surface area contributed by atoms with Gasteiger partial charge in [-0.25, -0.2) is 14.3 Å². The summed E-state index contributed by atoms with van der Waals surface area (Å²) in [7, 11) is 0. The number of aromatic nitrogens is 5. The molecule has 4 rings (SSSR count). The normalized spacial score (nSPS) is 12.2. The Balaban J connectivity index is 1.38. The topological polar surface area (TPSA) is 60.6 Å². The summed E-state index contributed by atoms with van der Waals surface area (Å²) in [5.74, 6) is 0. The monoisotopic (exact) mass is 344 g/mol. The molecule has 130 valence electrons.